The summed E-state index contributed by atoms with van der Waals surface area (Å²) in [6.07, 6.45) is 2.58. The Hall–Kier alpha value is -1.06. The zero-order valence-corrected chi connectivity index (χ0v) is 10.7. The second-order valence-corrected chi connectivity index (χ2v) is 4.48. The summed E-state index contributed by atoms with van der Waals surface area (Å²) in [6.45, 7) is 2.58. The number of halogens is 1. The van der Waals surface area contributed by atoms with Gasteiger partial charge in [-0.2, -0.15) is 0 Å². The van der Waals surface area contributed by atoms with Crippen molar-refractivity contribution in [3.63, 3.8) is 0 Å². The van der Waals surface area contributed by atoms with Crippen molar-refractivity contribution in [2.45, 2.75) is 38.8 Å². The first-order valence-corrected chi connectivity index (χ1v) is 6.22. The first-order chi connectivity index (χ1) is 8.13. The molecule has 0 amide bonds. The molecule has 1 aromatic carbocycles. The highest BCUT2D eigenvalue weighted by Gasteiger charge is 2.15. The summed E-state index contributed by atoms with van der Waals surface area (Å²) >= 11 is 5.86. The summed E-state index contributed by atoms with van der Waals surface area (Å²) in [5, 5.41) is 12.8. The Morgan fingerprint density at radius 3 is 2.88 bits per heavy atom. The highest BCUT2D eigenvalue weighted by atomic mass is 35.5. The van der Waals surface area contributed by atoms with E-state index in [1.165, 1.54) is 0 Å². The van der Waals surface area contributed by atoms with Crippen LogP contribution in [0.4, 0.5) is 0 Å². The molecular formula is C13H18ClNO2. The highest BCUT2D eigenvalue weighted by molar-refractivity contribution is 6.30. The van der Waals surface area contributed by atoms with E-state index in [0.717, 1.165) is 18.4 Å². The molecule has 0 aliphatic carbocycles. The molecule has 17 heavy (non-hydrogen) atoms. The number of hydrogen-bond acceptors (Lipinski definition) is 2. The molecule has 94 valence electrons. The number of nitrogens with one attached hydrogen (secondary N) is 1. The number of benzene rings is 1. The normalized spacial score (nSPS) is 12.4. The van der Waals surface area contributed by atoms with Crippen LogP contribution in [-0.4, -0.2) is 17.1 Å². The fraction of sp³-hybridized carbons (Fsp3) is 0.462. The number of hydrogen-bond donors (Lipinski definition) is 2. The second kappa shape index (κ2) is 7.30. The fourth-order valence-corrected chi connectivity index (χ4v) is 1.82. The van der Waals surface area contributed by atoms with Crippen molar-refractivity contribution in [3.05, 3.63) is 34.9 Å². The number of carbonyl (C=O) groups is 1. The van der Waals surface area contributed by atoms with Crippen LogP contribution in [-0.2, 0) is 11.3 Å². The molecule has 0 heterocycles. The van der Waals surface area contributed by atoms with Gasteiger partial charge in [0.2, 0.25) is 0 Å². The molecule has 0 aliphatic rings. The van der Waals surface area contributed by atoms with Crippen molar-refractivity contribution >= 4 is 17.6 Å². The van der Waals surface area contributed by atoms with Gasteiger partial charge in [0.25, 0.3) is 0 Å². The summed E-state index contributed by atoms with van der Waals surface area (Å²) in [4.78, 5) is 11.0. The number of carboxylic acids is 1. The number of unbranched alkanes of at least 4 members (excludes halogenated alkanes) is 1. The zero-order valence-electron chi connectivity index (χ0n) is 9.95. The van der Waals surface area contributed by atoms with E-state index < -0.39 is 12.0 Å². The van der Waals surface area contributed by atoms with Crippen molar-refractivity contribution < 1.29 is 9.90 Å². The van der Waals surface area contributed by atoms with Crippen LogP contribution in [0.15, 0.2) is 24.3 Å². The molecule has 0 saturated carbocycles. The Morgan fingerprint density at radius 2 is 2.29 bits per heavy atom. The van der Waals surface area contributed by atoms with Crippen LogP contribution in [0.2, 0.25) is 5.02 Å². The van der Waals surface area contributed by atoms with Gasteiger partial charge < -0.3 is 10.4 Å². The predicted octanol–water partition coefficient (Wildman–Crippen LogP) is 3.07. The SMILES string of the molecule is CCCCC(NCc1cccc(Cl)c1)C(=O)O. The highest BCUT2D eigenvalue weighted by Crippen LogP contribution is 2.11. The molecular weight excluding hydrogens is 238 g/mol. The summed E-state index contributed by atoms with van der Waals surface area (Å²) in [6, 6.07) is 6.96. The molecule has 1 rings (SSSR count). The molecule has 1 unspecified atom stereocenters. The third-order valence-electron chi connectivity index (χ3n) is 2.59. The molecule has 0 spiro atoms. The molecule has 0 aromatic heterocycles. The summed E-state index contributed by atoms with van der Waals surface area (Å²) in [5.41, 5.74) is 1.00. The van der Waals surface area contributed by atoms with Gasteiger partial charge in [-0.3, -0.25) is 4.79 Å². The fourth-order valence-electron chi connectivity index (χ4n) is 1.61. The quantitative estimate of drug-likeness (QED) is 0.787. The van der Waals surface area contributed by atoms with Crippen molar-refractivity contribution in [1.29, 1.82) is 0 Å². The van der Waals surface area contributed by atoms with Crippen LogP contribution in [0.3, 0.4) is 0 Å². The Morgan fingerprint density at radius 1 is 1.53 bits per heavy atom. The Labute approximate surface area is 107 Å². The Kier molecular flexibility index (Phi) is 6.01. The third kappa shape index (κ3) is 5.20. The van der Waals surface area contributed by atoms with Crippen LogP contribution < -0.4 is 5.32 Å². The maximum absolute atomic E-state index is 11.0. The lowest BCUT2D eigenvalue weighted by Gasteiger charge is -2.14. The van der Waals surface area contributed by atoms with Gasteiger partial charge in [0, 0.05) is 11.6 Å². The largest absolute Gasteiger partial charge is 0.480 e. The molecule has 0 saturated heterocycles. The third-order valence-corrected chi connectivity index (χ3v) is 2.82. The molecule has 1 atom stereocenters. The Balaban J connectivity index is 2.48. The molecule has 0 bridgehead atoms. The van der Waals surface area contributed by atoms with Gasteiger partial charge >= 0.3 is 5.97 Å². The second-order valence-electron chi connectivity index (χ2n) is 4.04. The van der Waals surface area contributed by atoms with Gasteiger partial charge in [0.05, 0.1) is 0 Å². The lowest BCUT2D eigenvalue weighted by molar-refractivity contribution is -0.139. The van der Waals surface area contributed by atoms with E-state index in [1.807, 2.05) is 18.2 Å². The molecule has 1 aromatic rings. The predicted molar refractivity (Wildman–Crippen MR) is 69.2 cm³/mol. The summed E-state index contributed by atoms with van der Waals surface area (Å²) in [5.74, 6) is -0.791. The number of rotatable bonds is 7. The van der Waals surface area contributed by atoms with Gasteiger partial charge in [-0.1, -0.05) is 43.5 Å². The van der Waals surface area contributed by atoms with Crippen molar-refractivity contribution in [2.75, 3.05) is 0 Å². The van der Waals surface area contributed by atoms with Gasteiger partial charge in [0.1, 0.15) is 6.04 Å². The smallest absolute Gasteiger partial charge is 0.320 e. The standard InChI is InChI=1S/C13H18ClNO2/c1-2-3-7-12(13(16)17)15-9-10-5-4-6-11(14)8-10/h4-6,8,12,15H,2-3,7,9H2,1H3,(H,16,17). The van der Waals surface area contributed by atoms with E-state index in [2.05, 4.69) is 12.2 Å². The molecule has 4 heteroatoms. The average molecular weight is 256 g/mol. The van der Waals surface area contributed by atoms with E-state index in [9.17, 15) is 4.79 Å². The average Bonchev–Trinajstić information content (AvgIpc) is 2.28. The van der Waals surface area contributed by atoms with Crippen molar-refractivity contribution in [3.8, 4) is 0 Å². The maximum Gasteiger partial charge on any atom is 0.320 e. The molecule has 0 fully saturated rings. The van der Waals surface area contributed by atoms with Crippen LogP contribution >= 0.6 is 11.6 Å². The summed E-state index contributed by atoms with van der Waals surface area (Å²) < 4.78 is 0. The molecule has 0 radical (unpaired) electrons. The maximum atomic E-state index is 11.0. The van der Waals surface area contributed by atoms with Crippen molar-refractivity contribution in [2.24, 2.45) is 0 Å². The van der Waals surface area contributed by atoms with Crippen molar-refractivity contribution in [1.82, 2.24) is 5.32 Å². The minimum Gasteiger partial charge on any atom is -0.480 e. The van der Waals surface area contributed by atoms with Gasteiger partial charge in [-0.25, -0.2) is 0 Å². The molecule has 3 nitrogen and oxygen atoms in total. The van der Waals surface area contributed by atoms with E-state index in [0.29, 0.717) is 18.0 Å². The zero-order chi connectivity index (χ0) is 12.7. The van der Waals surface area contributed by atoms with Gasteiger partial charge in [-0.05, 0) is 24.1 Å². The van der Waals surface area contributed by atoms with Gasteiger partial charge in [-0.15, -0.1) is 0 Å². The van der Waals surface area contributed by atoms with Gasteiger partial charge in [0.15, 0.2) is 0 Å². The van der Waals surface area contributed by atoms with E-state index >= 15 is 0 Å². The van der Waals surface area contributed by atoms with Crippen LogP contribution in [0.1, 0.15) is 31.7 Å². The first kappa shape index (κ1) is 14.0. The summed E-state index contributed by atoms with van der Waals surface area (Å²) in [7, 11) is 0. The molecule has 2 N–H and O–H groups in total. The van der Waals surface area contributed by atoms with Crippen LogP contribution in [0, 0.1) is 0 Å². The number of aliphatic carboxylic acids is 1. The first-order valence-electron chi connectivity index (χ1n) is 5.84. The minimum absolute atomic E-state index is 0.478. The topological polar surface area (TPSA) is 49.3 Å². The lowest BCUT2D eigenvalue weighted by atomic mass is 10.1. The van der Waals surface area contributed by atoms with E-state index in [4.69, 9.17) is 16.7 Å². The molecule has 0 aliphatic heterocycles. The number of carboxylic acid groups (broad SMARTS) is 1. The van der Waals surface area contributed by atoms with E-state index in [-0.39, 0.29) is 0 Å². The lowest BCUT2D eigenvalue weighted by Crippen LogP contribution is -2.36. The van der Waals surface area contributed by atoms with Crippen LogP contribution in [0.5, 0.6) is 0 Å². The minimum atomic E-state index is -0.791. The Bertz CT molecular complexity index is 368. The van der Waals surface area contributed by atoms with Crippen LogP contribution in [0.25, 0.3) is 0 Å². The van der Waals surface area contributed by atoms with E-state index in [1.54, 1.807) is 6.07 Å². The monoisotopic (exact) mass is 255 g/mol.